The van der Waals surface area contributed by atoms with Gasteiger partial charge in [0, 0.05) is 17.1 Å². The van der Waals surface area contributed by atoms with Crippen LogP contribution in [0.2, 0.25) is 0 Å². The highest BCUT2D eigenvalue weighted by Crippen LogP contribution is 2.29. The molecule has 15 heavy (non-hydrogen) atoms. The zero-order valence-electron chi connectivity index (χ0n) is 8.39. The zero-order valence-corrected chi connectivity index (χ0v) is 8.39. The molecule has 1 aliphatic carbocycles. The predicted molar refractivity (Wildman–Crippen MR) is 58.3 cm³/mol. The first-order chi connectivity index (χ1) is 7.25. The van der Waals surface area contributed by atoms with E-state index in [1.54, 1.807) is 6.07 Å². The molecule has 3 heteroatoms. The molecule has 78 valence electrons. The van der Waals surface area contributed by atoms with E-state index in [1.807, 2.05) is 6.07 Å². The van der Waals surface area contributed by atoms with Crippen molar-refractivity contribution in [2.24, 2.45) is 5.73 Å². The van der Waals surface area contributed by atoms with Gasteiger partial charge in [-0.1, -0.05) is 12.1 Å². The highest BCUT2D eigenvalue weighted by molar-refractivity contribution is 5.85. The summed E-state index contributed by atoms with van der Waals surface area (Å²) in [5, 5.41) is 1.00. The highest BCUT2D eigenvalue weighted by atomic mass is 19.1. The minimum atomic E-state index is -0.171. The van der Waals surface area contributed by atoms with Gasteiger partial charge in [-0.25, -0.2) is 4.39 Å². The number of aromatic nitrogens is 1. The van der Waals surface area contributed by atoms with Crippen LogP contribution >= 0.6 is 0 Å². The lowest BCUT2D eigenvalue weighted by atomic mass is 9.92. The maximum absolute atomic E-state index is 13.5. The van der Waals surface area contributed by atoms with Crippen LogP contribution < -0.4 is 5.73 Å². The van der Waals surface area contributed by atoms with Crippen LogP contribution in [-0.2, 0) is 12.8 Å². The Kier molecular flexibility index (Phi) is 1.83. The molecule has 1 unspecified atom stereocenters. The number of halogens is 1. The third-order valence-electron chi connectivity index (χ3n) is 3.21. The normalized spacial score (nSPS) is 20.5. The van der Waals surface area contributed by atoms with Crippen LogP contribution in [0.3, 0.4) is 0 Å². The minimum absolute atomic E-state index is 0.171. The molecule has 1 aromatic carbocycles. The number of H-pyrrole nitrogens is 1. The van der Waals surface area contributed by atoms with Crippen LogP contribution in [0.1, 0.15) is 17.7 Å². The molecular formula is C12H13FN2. The Hall–Kier alpha value is -1.35. The Morgan fingerprint density at radius 2 is 2.27 bits per heavy atom. The van der Waals surface area contributed by atoms with Gasteiger partial charge in [0.25, 0.3) is 0 Å². The molecule has 0 saturated heterocycles. The summed E-state index contributed by atoms with van der Waals surface area (Å²) in [6.45, 7) is 0. The summed E-state index contributed by atoms with van der Waals surface area (Å²) in [5.74, 6) is -0.171. The number of nitrogens with one attached hydrogen (secondary N) is 1. The van der Waals surface area contributed by atoms with Crippen molar-refractivity contribution in [2.75, 3.05) is 0 Å². The summed E-state index contributed by atoms with van der Waals surface area (Å²) in [4.78, 5) is 3.17. The number of hydrogen-bond donors (Lipinski definition) is 2. The van der Waals surface area contributed by atoms with Crippen molar-refractivity contribution in [2.45, 2.75) is 25.3 Å². The van der Waals surface area contributed by atoms with Gasteiger partial charge >= 0.3 is 0 Å². The van der Waals surface area contributed by atoms with Gasteiger partial charge < -0.3 is 10.7 Å². The van der Waals surface area contributed by atoms with E-state index in [4.69, 9.17) is 5.73 Å². The number of rotatable bonds is 0. The fourth-order valence-electron chi connectivity index (χ4n) is 2.43. The number of hydrogen-bond acceptors (Lipinski definition) is 1. The van der Waals surface area contributed by atoms with Gasteiger partial charge in [0.05, 0.1) is 5.52 Å². The van der Waals surface area contributed by atoms with E-state index in [-0.39, 0.29) is 11.9 Å². The molecule has 0 radical (unpaired) electrons. The molecular weight excluding hydrogens is 191 g/mol. The van der Waals surface area contributed by atoms with E-state index >= 15 is 0 Å². The number of fused-ring (bicyclic) bond motifs is 3. The SMILES string of the molecule is NC1CCc2[nH]c3c(F)cccc3c2C1. The lowest BCUT2D eigenvalue weighted by Gasteiger charge is -2.17. The van der Waals surface area contributed by atoms with Crippen LogP contribution in [0.5, 0.6) is 0 Å². The average Bonchev–Trinajstić information content (AvgIpc) is 2.58. The van der Waals surface area contributed by atoms with E-state index in [9.17, 15) is 4.39 Å². The monoisotopic (exact) mass is 204 g/mol. The van der Waals surface area contributed by atoms with Gasteiger partial charge in [-0.3, -0.25) is 0 Å². The van der Waals surface area contributed by atoms with E-state index < -0.39 is 0 Å². The standard InChI is InChI=1S/C12H13FN2/c13-10-3-1-2-8-9-6-7(14)4-5-11(9)15-12(8)10/h1-3,7,15H,4-6,14H2. The molecule has 1 aliphatic rings. The molecule has 0 bridgehead atoms. The van der Waals surface area contributed by atoms with Crippen LogP contribution in [0, 0.1) is 5.82 Å². The Bertz CT molecular complexity index is 516. The van der Waals surface area contributed by atoms with Crippen LogP contribution in [0.4, 0.5) is 4.39 Å². The van der Waals surface area contributed by atoms with Crippen molar-refractivity contribution in [1.82, 2.24) is 4.98 Å². The lowest BCUT2D eigenvalue weighted by Crippen LogP contribution is -2.27. The van der Waals surface area contributed by atoms with E-state index in [0.717, 1.165) is 30.3 Å². The Labute approximate surface area is 87.3 Å². The number of benzene rings is 1. The second kappa shape index (κ2) is 3.07. The van der Waals surface area contributed by atoms with E-state index in [1.165, 1.54) is 11.6 Å². The number of aryl methyl sites for hydroxylation is 1. The summed E-state index contributed by atoms with van der Waals surface area (Å²) in [6.07, 6.45) is 2.78. The molecule has 1 heterocycles. The zero-order chi connectivity index (χ0) is 10.4. The number of nitrogens with two attached hydrogens (primary N) is 1. The van der Waals surface area contributed by atoms with Crippen molar-refractivity contribution in [3.05, 3.63) is 35.3 Å². The molecule has 3 rings (SSSR count). The quantitative estimate of drug-likeness (QED) is 0.678. The average molecular weight is 204 g/mol. The largest absolute Gasteiger partial charge is 0.356 e. The number of aromatic amines is 1. The lowest BCUT2D eigenvalue weighted by molar-refractivity contribution is 0.574. The van der Waals surface area contributed by atoms with Gasteiger partial charge in [0.1, 0.15) is 5.82 Å². The fourth-order valence-corrected chi connectivity index (χ4v) is 2.43. The maximum atomic E-state index is 13.5. The third kappa shape index (κ3) is 1.27. The minimum Gasteiger partial charge on any atom is -0.356 e. The Morgan fingerprint density at radius 1 is 1.40 bits per heavy atom. The van der Waals surface area contributed by atoms with Crippen molar-refractivity contribution in [3.63, 3.8) is 0 Å². The molecule has 0 amide bonds. The molecule has 0 fully saturated rings. The summed E-state index contributed by atoms with van der Waals surface area (Å²) < 4.78 is 13.5. The molecule has 0 spiro atoms. The van der Waals surface area contributed by atoms with Gasteiger partial charge in [-0.15, -0.1) is 0 Å². The number of para-hydroxylation sites is 1. The van der Waals surface area contributed by atoms with Crippen LogP contribution in [-0.4, -0.2) is 11.0 Å². The smallest absolute Gasteiger partial charge is 0.147 e. The molecule has 2 nitrogen and oxygen atoms in total. The summed E-state index contributed by atoms with van der Waals surface area (Å²) in [7, 11) is 0. The van der Waals surface area contributed by atoms with Crippen molar-refractivity contribution in [3.8, 4) is 0 Å². The fraction of sp³-hybridized carbons (Fsp3) is 0.333. The summed E-state index contributed by atoms with van der Waals surface area (Å²) in [6, 6.07) is 5.43. The van der Waals surface area contributed by atoms with Gasteiger partial charge in [-0.05, 0) is 30.9 Å². The first kappa shape index (κ1) is 8.92. The first-order valence-corrected chi connectivity index (χ1v) is 5.29. The van der Waals surface area contributed by atoms with E-state index in [0.29, 0.717) is 5.52 Å². The predicted octanol–water partition coefficient (Wildman–Crippen LogP) is 2.12. The molecule has 3 N–H and O–H groups in total. The van der Waals surface area contributed by atoms with Gasteiger partial charge in [0.15, 0.2) is 0 Å². The van der Waals surface area contributed by atoms with Gasteiger partial charge in [-0.2, -0.15) is 0 Å². The van der Waals surface area contributed by atoms with Crippen molar-refractivity contribution >= 4 is 10.9 Å². The third-order valence-corrected chi connectivity index (χ3v) is 3.21. The van der Waals surface area contributed by atoms with Gasteiger partial charge in [0.2, 0.25) is 0 Å². The molecule has 2 aromatic rings. The van der Waals surface area contributed by atoms with Crippen molar-refractivity contribution in [1.29, 1.82) is 0 Å². The van der Waals surface area contributed by atoms with Crippen LogP contribution in [0.15, 0.2) is 18.2 Å². The Balaban J connectivity index is 2.29. The molecule has 1 atom stereocenters. The maximum Gasteiger partial charge on any atom is 0.147 e. The topological polar surface area (TPSA) is 41.8 Å². The Morgan fingerprint density at radius 3 is 3.13 bits per heavy atom. The summed E-state index contributed by atoms with van der Waals surface area (Å²) >= 11 is 0. The first-order valence-electron chi connectivity index (χ1n) is 5.29. The second-order valence-corrected chi connectivity index (χ2v) is 4.25. The molecule has 1 aromatic heterocycles. The van der Waals surface area contributed by atoms with Crippen molar-refractivity contribution < 1.29 is 4.39 Å². The van der Waals surface area contributed by atoms with E-state index in [2.05, 4.69) is 4.98 Å². The van der Waals surface area contributed by atoms with Crippen LogP contribution in [0.25, 0.3) is 10.9 Å². The molecule has 0 aliphatic heterocycles. The summed E-state index contributed by atoms with van der Waals surface area (Å²) in [5.41, 5.74) is 8.94. The second-order valence-electron chi connectivity index (χ2n) is 4.25. The highest BCUT2D eigenvalue weighted by Gasteiger charge is 2.20. The molecule has 0 saturated carbocycles.